The molecule has 0 rings (SSSR count). The summed E-state index contributed by atoms with van der Waals surface area (Å²) in [5, 5.41) is 29.0. The summed E-state index contributed by atoms with van der Waals surface area (Å²) < 4.78 is 0. The van der Waals surface area contributed by atoms with Crippen LogP contribution in [0.3, 0.4) is 0 Å². The van der Waals surface area contributed by atoms with Gasteiger partial charge in [-0.05, 0) is 6.54 Å². The van der Waals surface area contributed by atoms with Gasteiger partial charge in [-0.25, -0.2) is 0 Å². The highest BCUT2D eigenvalue weighted by molar-refractivity contribution is 5.84. The fourth-order valence-electron chi connectivity index (χ4n) is 0.856. The van der Waals surface area contributed by atoms with Crippen molar-refractivity contribution in [2.24, 2.45) is 0 Å². The van der Waals surface area contributed by atoms with Gasteiger partial charge in [-0.3, -0.25) is 4.79 Å². The van der Waals surface area contributed by atoms with E-state index >= 15 is 0 Å². The first kappa shape index (κ1) is 11.5. The van der Waals surface area contributed by atoms with Crippen LogP contribution in [0.1, 0.15) is 6.92 Å². The Bertz CT molecular complexity index is 139. The van der Waals surface area contributed by atoms with Crippen molar-refractivity contribution in [1.29, 1.82) is 0 Å². The topological polar surface area (TPSA) is 89.8 Å². The van der Waals surface area contributed by atoms with Gasteiger partial charge >= 0.3 is 0 Å². The summed E-state index contributed by atoms with van der Waals surface area (Å²) in [6, 6.07) is -0.686. The Hall–Kier alpha value is -0.490. The number of carbonyl (C=O) groups is 1. The molecular formula is C7H15NO4. The van der Waals surface area contributed by atoms with Crippen LogP contribution in [-0.2, 0) is 4.79 Å². The molecule has 0 aliphatic carbocycles. The maximum Gasteiger partial charge on any atom is 0.188 e. The third-order valence-electron chi connectivity index (χ3n) is 1.53. The molecule has 0 amide bonds. The minimum Gasteiger partial charge on any atom is -0.395 e. The van der Waals surface area contributed by atoms with Gasteiger partial charge in [-0.15, -0.1) is 0 Å². The molecule has 0 aliphatic heterocycles. The van der Waals surface area contributed by atoms with E-state index in [9.17, 15) is 9.90 Å². The molecule has 0 unspecified atom stereocenters. The lowest BCUT2D eigenvalue weighted by Gasteiger charge is -2.19. The van der Waals surface area contributed by atoms with Crippen molar-refractivity contribution >= 4 is 5.78 Å². The molecule has 0 bridgehead atoms. The Morgan fingerprint density at radius 3 is 2.42 bits per heavy atom. The maximum absolute atomic E-state index is 10.7. The Labute approximate surface area is 71.0 Å². The highest BCUT2D eigenvalue weighted by Gasteiger charge is 2.23. The highest BCUT2D eigenvalue weighted by Crippen LogP contribution is 1.94. The molecule has 0 saturated carbocycles. The zero-order chi connectivity index (χ0) is 9.56. The number of rotatable bonds is 6. The normalized spacial score (nSPS) is 15.7. The summed E-state index contributed by atoms with van der Waals surface area (Å²) >= 11 is 0. The van der Waals surface area contributed by atoms with E-state index < -0.39 is 24.5 Å². The van der Waals surface area contributed by atoms with Crippen molar-refractivity contribution in [2.75, 3.05) is 19.8 Å². The first-order chi connectivity index (χ1) is 5.67. The number of hydrogen-bond donors (Lipinski definition) is 4. The predicted molar refractivity (Wildman–Crippen MR) is 42.7 cm³/mol. The fourth-order valence-corrected chi connectivity index (χ4v) is 0.856. The quantitative estimate of drug-likeness (QED) is 0.372. The molecule has 5 nitrogen and oxygen atoms in total. The smallest absolute Gasteiger partial charge is 0.188 e. The average molecular weight is 177 g/mol. The van der Waals surface area contributed by atoms with Crippen LogP contribution in [0.25, 0.3) is 0 Å². The lowest BCUT2D eigenvalue weighted by molar-refractivity contribution is -0.132. The van der Waals surface area contributed by atoms with Crippen LogP contribution >= 0.6 is 0 Å². The largest absolute Gasteiger partial charge is 0.395 e. The molecule has 0 heterocycles. The molecule has 0 spiro atoms. The summed E-state index contributed by atoms with van der Waals surface area (Å²) in [7, 11) is 0. The number of aliphatic hydroxyl groups is 3. The Morgan fingerprint density at radius 2 is 2.08 bits per heavy atom. The van der Waals surface area contributed by atoms with Gasteiger partial charge < -0.3 is 20.6 Å². The predicted octanol–water partition coefficient (Wildman–Crippen LogP) is -2.12. The number of nitrogens with one attached hydrogen (secondary N) is 1. The van der Waals surface area contributed by atoms with E-state index in [1.807, 2.05) is 0 Å². The van der Waals surface area contributed by atoms with Crippen LogP contribution in [0.2, 0.25) is 0 Å². The summed E-state index contributed by atoms with van der Waals surface area (Å²) in [4.78, 5) is 10.7. The SMILES string of the molecule is CCN[C@H](CO)[C@@H](O)C(=O)CO. The second-order valence-electron chi connectivity index (χ2n) is 2.42. The minimum atomic E-state index is -1.33. The number of likely N-dealkylation sites (N-methyl/N-ethyl adjacent to an activating group) is 1. The monoisotopic (exact) mass is 177 g/mol. The number of aliphatic hydroxyl groups excluding tert-OH is 3. The van der Waals surface area contributed by atoms with Crippen LogP contribution in [0, 0.1) is 0 Å². The maximum atomic E-state index is 10.7. The molecule has 0 fully saturated rings. The van der Waals surface area contributed by atoms with E-state index in [0.717, 1.165) is 0 Å². The van der Waals surface area contributed by atoms with Crippen LogP contribution < -0.4 is 5.32 Å². The van der Waals surface area contributed by atoms with Crippen molar-refractivity contribution in [1.82, 2.24) is 5.32 Å². The molecule has 5 heteroatoms. The molecule has 0 aromatic heterocycles. The molecule has 0 aromatic rings. The van der Waals surface area contributed by atoms with E-state index in [2.05, 4.69) is 5.32 Å². The van der Waals surface area contributed by atoms with Crippen molar-refractivity contribution in [2.45, 2.75) is 19.1 Å². The number of ketones is 1. The Kier molecular flexibility index (Phi) is 5.83. The van der Waals surface area contributed by atoms with E-state index in [1.54, 1.807) is 6.92 Å². The van der Waals surface area contributed by atoms with E-state index in [-0.39, 0.29) is 6.61 Å². The number of hydrogen-bond acceptors (Lipinski definition) is 5. The molecule has 0 aromatic carbocycles. The fraction of sp³-hybridized carbons (Fsp3) is 0.857. The van der Waals surface area contributed by atoms with Crippen LogP contribution in [-0.4, -0.2) is 53.0 Å². The van der Waals surface area contributed by atoms with Crippen molar-refractivity contribution < 1.29 is 20.1 Å². The van der Waals surface area contributed by atoms with Gasteiger partial charge in [0.1, 0.15) is 12.7 Å². The third kappa shape index (κ3) is 3.27. The summed E-state index contributed by atoms with van der Waals surface area (Å²) in [6.07, 6.45) is -1.33. The summed E-state index contributed by atoms with van der Waals surface area (Å²) in [5.74, 6) is -0.685. The third-order valence-corrected chi connectivity index (χ3v) is 1.53. The van der Waals surface area contributed by atoms with E-state index in [4.69, 9.17) is 10.2 Å². The summed E-state index contributed by atoms with van der Waals surface area (Å²) in [5.41, 5.74) is 0. The zero-order valence-corrected chi connectivity index (χ0v) is 7.03. The van der Waals surface area contributed by atoms with Crippen molar-refractivity contribution in [3.05, 3.63) is 0 Å². The van der Waals surface area contributed by atoms with Gasteiger partial charge in [0.15, 0.2) is 5.78 Å². The lowest BCUT2D eigenvalue weighted by Crippen LogP contribution is -2.47. The van der Waals surface area contributed by atoms with Gasteiger partial charge in [0, 0.05) is 0 Å². The van der Waals surface area contributed by atoms with Gasteiger partial charge in [0.2, 0.25) is 0 Å². The van der Waals surface area contributed by atoms with Crippen LogP contribution in [0.4, 0.5) is 0 Å². The van der Waals surface area contributed by atoms with Crippen LogP contribution in [0.5, 0.6) is 0 Å². The second kappa shape index (κ2) is 6.07. The van der Waals surface area contributed by atoms with Gasteiger partial charge in [-0.1, -0.05) is 6.92 Å². The van der Waals surface area contributed by atoms with Crippen LogP contribution in [0.15, 0.2) is 0 Å². The van der Waals surface area contributed by atoms with Gasteiger partial charge in [0.05, 0.1) is 12.6 Å². The van der Waals surface area contributed by atoms with Crippen molar-refractivity contribution in [3.8, 4) is 0 Å². The Balaban J connectivity index is 4.00. The molecular weight excluding hydrogens is 162 g/mol. The average Bonchev–Trinajstić information content (AvgIpc) is 2.11. The molecule has 12 heavy (non-hydrogen) atoms. The standard InChI is InChI=1S/C7H15NO4/c1-2-8-5(3-9)7(12)6(11)4-10/h5,7-10,12H,2-4H2,1H3/t5-,7-/m1/s1. The molecule has 4 N–H and O–H groups in total. The molecule has 2 atom stereocenters. The van der Waals surface area contributed by atoms with Crippen molar-refractivity contribution in [3.63, 3.8) is 0 Å². The van der Waals surface area contributed by atoms with E-state index in [0.29, 0.717) is 6.54 Å². The van der Waals surface area contributed by atoms with E-state index in [1.165, 1.54) is 0 Å². The van der Waals surface area contributed by atoms with Gasteiger partial charge in [-0.2, -0.15) is 0 Å². The lowest BCUT2D eigenvalue weighted by atomic mass is 10.1. The Morgan fingerprint density at radius 1 is 1.50 bits per heavy atom. The molecule has 0 aliphatic rings. The zero-order valence-electron chi connectivity index (χ0n) is 7.03. The molecule has 72 valence electrons. The second-order valence-corrected chi connectivity index (χ2v) is 2.42. The first-order valence-electron chi connectivity index (χ1n) is 3.83. The molecule has 0 radical (unpaired) electrons. The highest BCUT2D eigenvalue weighted by atomic mass is 16.3. The van der Waals surface area contributed by atoms with Gasteiger partial charge in [0.25, 0.3) is 0 Å². The molecule has 0 saturated heterocycles. The minimum absolute atomic E-state index is 0.333. The summed E-state index contributed by atoms with van der Waals surface area (Å²) in [6.45, 7) is 1.30. The number of carbonyl (C=O) groups excluding carboxylic acids is 1. The first-order valence-corrected chi connectivity index (χ1v) is 3.83. The number of Topliss-reactive ketones (excluding diaryl/α,β-unsaturated/α-hetero) is 1.